The molecule has 3 heterocycles. The van der Waals surface area contributed by atoms with E-state index in [2.05, 4.69) is 15.3 Å². The van der Waals surface area contributed by atoms with Gasteiger partial charge in [-0.2, -0.15) is 16.9 Å². The van der Waals surface area contributed by atoms with Crippen molar-refractivity contribution in [3.05, 3.63) is 18.0 Å². The molecule has 3 rings (SSSR count). The van der Waals surface area contributed by atoms with Gasteiger partial charge in [0.25, 0.3) is 5.91 Å². The fourth-order valence-corrected chi connectivity index (χ4v) is 4.54. The molecule has 2 aliphatic rings. The van der Waals surface area contributed by atoms with Crippen LogP contribution in [0.5, 0.6) is 0 Å². The number of nitrogens with zero attached hydrogens (tertiary/aromatic N) is 3. The lowest BCUT2D eigenvalue weighted by Crippen LogP contribution is -2.59. The van der Waals surface area contributed by atoms with E-state index in [1.807, 2.05) is 11.8 Å². The topological polar surface area (TPSA) is 59.4 Å². The molecular formula is C14H22N4O2S. The maximum atomic E-state index is 12.3. The normalized spacial score (nSPS) is 26.9. The Balaban J connectivity index is 1.65. The molecule has 0 saturated carbocycles. The molecule has 1 amide bonds. The average Bonchev–Trinajstić information content (AvgIpc) is 3.15. The van der Waals surface area contributed by atoms with Crippen LogP contribution < -0.4 is 5.32 Å². The van der Waals surface area contributed by atoms with E-state index in [9.17, 15) is 4.79 Å². The van der Waals surface area contributed by atoms with Gasteiger partial charge in [0.15, 0.2) is 0 Å². The van der Waals surface area contributed by atoms with Gasteiger partial charge < -0.3 is 10.1 Å². The fourth-order valence-electron chi connectivity index (χ4n) is 3.07. The van der Waals surface area contributed by atoms with Crippen LogP contribution in [0.3, 0.4) is 0 Å². The number of nitrogens with one attached hydrogen (secondary N) is 1. The first-order chi connectivity index (χ1) is 10.2. The van der Waals surface area contributed by atoms with Gasteiger partial charge >= 0.3 is 0 Å². The number of carbonyl (C=O) groups excluding carboxylic acids is 1. The Kier molecular flexibility index (Phi) is 4.51. The minimum Gasteiger partial charge on any atom is -0.379 e. The fraction of sp³-hybridized carbons (Fsp3) is 0.714. The summed E-state index contributed by atoms with van der Waals surface area (Å²) in [6.07, 6.45) is 2.78. The van der Waals surface area contributed by atoms with E-state index in [1.165, 1.54) is 5.75 Å². The Bertz CT molecular complexity index is 493. The molecular weight excluding hydrogens is 288 g/mol. The summed E-state index contributed by atoms with van der Waals surface area (Å²) < 4.78 is 7.07. The molecule has 0 aromatic carbocycles. The Morgan fingerprint density at radius 2 is 2.33 bits per heavy atom. The van der Waals surface area contributed by atoms with Gasteiger partial charge in [0.1, 0.15) is 5.69 Å². The number of aromatic nitrogens is 2. The molecule has 7 heteroatoms. The summed E-state index contributed by atoms with van der Waals surface area (Å²) in [4.78, 5) is 14.8. The number of morpholine rings is 1. The number of amides is 1. The van der Waals surface area contributed by atoms with Gasteiger partial charge in [0, 0.05) is 44.2 Å². The van der Waals surface area contributed by atoms with E-state index in [0.717, 1.165) is 38.5 Å². The summed E-state index contributed by atoms with van der Waals surface area (Å²) in [5.41, 5.74) is 0.695. The van der Waals surface area contributed by atoms with Crippen molar-refractivity contribution in [2.45, 2.75) is 12.0 Å². The first-order valence-electron chi connectivity index (χ1n) is 7.38. The standard InChI is InChI=1S/C14H22N4O2S/c1-17-12(2-4-16-17)13(19)15-10-14(3-9-21-11-14)18-5-7-20-8-6-18/h2,4H,3,5-11H2,1H3,(H,15,19). The third kappa shape index (κ3) is 3.09. The van der Waals surface area contributed by atoms with Gasteiger partial charge in [-0.15, -0.1) is 0 Å². The number of rotatable bonds is 4. The monoisotopic (exact) mass is 310 g/mol. The average molecular weight is 310 g/mol. The van der Waals surface area contributed by atoms with Crippen molar-refractivity contribution in [3.63, 3.8) is 0 Å². The first kappa shape index (κ1) is 14.9. The zero-order chi connectivity index (χ0) is 14.7. The number of hydrogen-bond acceptors (Lipinski definition) is 5. The minimum atomic E-state index is -0.0421. The molecule has 0 bridgehead atoms. The quantitative estimate of drug-likeness (QED) is 0.870. The van der Waals surface area contributed by atoms with Crippen molar-refractivity contribution in [3.8, 4) is 0 Å². The van der Waals surface area contributed by atoms with E-state index in [0.29, 0.717) is 12.2 Å². The Morgan fingerprint density at radius 1 is 1.52 bits per heavy atom. The molecule has 2 aliphatic heterocycles. The summed E-state index contributed by atoms with van der Waals surface area (Å²) in [6, 6.07) is 1.75. The Labute approximate surface area is 129 Å². The summed E-state index contributed by atoms with van der Waals surface area (Å²) in [5, 5.41) is 7.16. The highest BCUT2D eigenvalue weighted by molar-refractivity contribution is 7.99. The van der Waals surface area contributed by atoms with Crippen molar-refractivity contribution in [2.24, 2.45) is 7.05 Å². The van der Waals surface area contributed by atoms with Crippen LogP contribution in [0.15, 0.2) is 12.3 Å². The molecule has 1 atom stereocenters. The number of thioether (sulfide) groups is 1. The lowest BCUT2D eigenvalue weighted by molar-refractivity contribution is -0.0129. The van der Waals surface area contributed by atoms with Crippen molar-refractivity contribution in [2.75, 3.05) is 44.4 Å². The smallest absolute Gasteiger partial charge is 0.269 e. The highest BCUT2D eigenvalue weighted by atomic mass is 32.2. The molecule has 0 spiro atoms. The van der Waals surface area contributed by atoms with Gasteiger partial charge in [0.2, 0.25) is 0 Å². The molecule has 6 nitrogen and oxygen atoms in total. The zero-order valence-corrected chi connectivity index (χ0v) is 13.2. The maximum absolute atomic E-state index is 12.3. The molecule has 0 radical (unpaired) electrons. The van der Waals surface area contributed by atoms with Crippen LogP contribution in [0.2, 0.25) is 0 Å². The van der Waals surface area contributed by atoms with Crippen LogP contribution in [0.4, 0.5) is 0 Å². The van der Waals surface area contributed by atoms with Gasteiger partial charge in [0.05, 0.1) is 13.2 Å². The largest absolute Gasteiger partial charge is 0.379 e. The van der Waals surface area contributed by atoms with Crippen LogP contribution in [0, 0.1) is 0 Å². The van der Waals surface area contributed by atoms with E-state index >= 15 is 0 Å². The van der Waals surface area contributed by atoms with Gasteiger partial charge in [-0.05, 0) is 18.2 Å². The maximum Gasteiger partial charge on any atom is 0.269 e. The van der Waals surface area contributed by atoms with Crippen LogP contribution in [0.25, 0.3) is 0 Å². The molecule has 2 fully saturated rings. The number of aryl methyl sites for hydroxylation is 1. The second-order valence-electron chi connectivity index (χ2n) is 5.65. The molecule has 0 aliphatic carbocycles. The second kappa shape index (κ2) is 6.37. The third-order valence-corrected chi connectivity index (χ3v) is 5.63. The van der Waals surface area contributed by atoms with Crippen molar-refractivity contribution >= 4 is 17.7 Å². The number of hydrogen-bond donors (Lipinski definition) is 1. The lowest BCUT2D eigenvalue weighted by Gasteiger charge is -2.43. The van der Waals surface area contributed by atoms with Crippen LogP contribution in [-0.4, -0.2) is 70.5 Å². The van der Waals surface area contributed by atoms with Crippen molar-refractivity contribution in [1.29, 1.82) is 0 Å². The predicted octanol–water partition coefficient (Wildman–Crippen LogP) is 0.358. The first-order valence-corrected chi connectivity index (χ1v) is 8.53. The van der Waals surface area contributed by atoms with E-state index < -0.39 is 0 Å². The molecule has 1 aromatic heterocycles. The summed E-state index contributed by atoms with van der Waals surface area (Å²) in [7, 11) is 1.79. The summed E-state index contributed by atoms with van der Waals surface area (Å²) in [5.74, 6) is 2.21. The second-order valence-corrected chi connectivity index (χ2v) is 6.75. The highest BCUT2D eigenvalue weighted by Crippen LogP contribution is 2.33. The van der Waals surface area contributed by atoms with Crippen molar-refractivity contribution in [1.82, 2.24) is 20.0 Å². The summed E-state index contributed by atoms with van der Waals surface area (Å²) >= 11 is 1.98. The van der Waals surface area contributed by atoms with Crippen LogP contribution >= 0.6 is 11.8 Å². The van der Waals surface area contributed by atoms with Crippen LogP contribution in [-0.2, 0) is 11.8 Å². The molecule has 1 unspecified atom stereocenters. The molecule has 21 heavy (non-hydrogen) atoms. The van der Waals surface area contributed by atoms with E-state index in [4.69, 9.17) is 4.74 Å². The minimum absolute atomic E-state index is 0.0421. The third-order valence-electron chi connectivity index (χ3n) is 4.40. The molecule has 1 aromatic rings. The Hall–Kier alpha value is -1.05. The molecule has 116 valence electrons. The molecule has 1 N–H and O–H groups in total. The number of carbonyl (C=O) groups is 1. The summed E-state index contributed by atoms with van der Waals surface area (Å²) in [6.45, 7) is 4.21. The predicted molar refractivity (Wildman–Crippen MR) is 82.6 cm³/mol. The van der Waals surface area contributed by atoms with Gasteiger partial charge in [-0.3, -0.25) is 14.4 Å². The van der Waals surface area contributed by atoms with E-state index in [1.54, 1.807) is 24.0 Å². The van der Waals surface area contributed by atoms with Crippen LogP contribution in [0.1, 0.15) is 16.9 Å². The highest BCUT2D eigenvalue weighted by Gasteiger charge is 2.40. The zero-order valence-electron chi connectivity index (χ0n) is 12.4. The lowest BCUT2D eigenvalue weighted by atomic mass is 9.95. The SMILES string of the molecule is Cn1nccc1C(=O)NCC1(N2CCOCC2)CCSC1. The van der Waals surface area contributed by atoms with Gasteiger partial charge in [-0.25, -0.2) is 0 Å². The number of ether oxygens (including phenoxy) is 1. The van der Waals surface area contributed by atoms with Gasteiger partial charge in [-0.1, -0.05) is 0 Å². The van der Waals surface area contributed by atoms with E-state index in [-0.39, 0.29) is 11.4 Å². The molecule has 2 saturated heterocycles. The Morgan fingerprint density at radius 3 is 2.95 bits per heavy atom. The van der Waals surface area contributed by atoms with Crippen molar-refractivity contribution < 1.29 is 9.53 Å².